The molecule has 1 aliphatic heterocycles. The van der Waals surface area contributed by atoms with Crippen molar-refractivity contribution in [2.24, 2.45) is 0 Å². The highest BCUT2D eigenvalue weighted by Crippen LogP contribution is 2.39. The minimum atomic E-state index is 0.00686. The molecule has 33 heavy (non-hydrogen) atoms. The first-order valence-electron chi connectivity index (χ1n) is 11.3. The maximum Gasteiger partial charge on any atom is 0.170 e. The van der Waals surface area contributed by atoms with E-state index in [0.717, 1.165) is 41.7 Å². The van der Waals surface area contributed by atoms with Gasteiger partial charge < -0.3 is 20.1 Å². The molecule has 5 rings (SSSR count). The van der Waals surface area contributed by atoms with Gasteiger partial charge in [0.1, 0.15) is 0 Å². The molecule has 2 atom stereocenters. The molecule has 0 radical (unpaired) electrons. The SMILES string of the molecule is S=C1N[C@H](c2ccccn2)[C@H](c2ccn(-c3ccccc3)c2)N1CCCNc1ccccc1. The lowest BCUT2D eigenvalue weighted by Gasteiger charge is -2.27. The van der Waals surface area contributed by atoms with E-state index >= 15 is 0 Å². The number of hydrogen-bond acceptors (Lipinski definition) is 3. The summed E-state index contributed by atoms with van der Waals surface area (Å²) in [5.74, 6) is 0. The van der Waals surface area contributed by atoms with Crippen molar-refractivity contribution in [3.63, 3.8) is 0 Å². The second-order valence-corrected chi connectivity index (χ2v) is 8.54. The first-order chi connectivity index (χ1) is 16.3. The molecule has 166 valence electrons. The highest BCUT2D eigenvalue weighted by Gasteiger charge is 2.39. The molecule has 3 heterocycles. The average Bonchev–Trinajstić information content (AvgIpc) is 3.48. The summed E-state index contributed by atoms with van der Waals surface area (Å²) in [6.45, 7) is 1.74. The molecular weight excluding hydrogens is 426 g/mol. The minimum Gasteiger partial charge on any atom is -0.385 e. The average molecular weight is 454 g/mol. The fourth-order valence-electron chi connectivity index (χ4n) is 4.40. The molecule has 0 aliphatic carbocycles. The van der Waals surface area contributed by atoms with Gasteiger partial charge in [-0.25, -0.2) is 0 Å². The Morgan fingerprint density at radius 1 is 0.909 bits per heavy atom. The lowest BCUT2D eigenvalue weighted by Crippen LogP contribution is -2.31. The van der Waals surface area contributed by atoms with Crippen LogP contribution in [0.1, 0.15) is 29.8 Å². The summed E-state index contributed by atoms with van der Waals surface area (Å²) in [6, 6.07) is 29.0. The van der Waals surface area contributed by atoms with E-state index in [1.165, 1.54) is 5.56 Å². The minimum absolute atomic E-state index is 0.00686. The third kappa shape index (κ3) is 4.76. The second-order valence-electron chi connectivity index (χ2n) is 8.15. The molecule has 1 fully saturated rings. The van der Waals surface area contributed by atoms with Gasteiger partial charge in [-0.15, -0.1) is 0 Å². The van der Waals surface area contributed by atoms with E-state index in [1.807, 2.05) is 42.6 Å². The number of nitrogens with zero attached hydrogens (tertiary/aromatic N) is 3. The van der Waals surface area contributed by atoms with Gasteiger partial charge in [0.15, 0.2) is 5.11 Å². The van der Waals surface area contributed by atoms with Crippen molar-refractivity contribution in [2.75, 3.05) is 18.4 Å². The summed E-state index contributed by atoms with van der Waals surface area (Å²) in [6.07, 6.45) is 7.15. The van der Waals surface area contributed by atoms with Gasteiger partial charge in [-0.05, 0) is 66.7 Å². The van der Waals surface area contributed by atoms with E-state index < -0.39 is 0 Å². The Kier molecular flexibility index (Phi) is 6.35. The van der Waals surface area contributed by atoms with Crippen LogP contribution in [0.25, 0.3) is 5.69 Å². The fraction of sp³-hybridized carbons (Fsp3) is 0.185. The van der Waals surface area contributed by atoms with Gasteiger partial charge in [-0.2, -0.15) is 0 Å². The number of para-hydroxylation sites is 2. The van der Waals surface area contributed by atoms with Gasteiger partial charge in [0, 0.05) is 43.1 Å². The molecule has 1 aliphatic rings. The molecule has 0 saturated carbocycles. The van der Waals surface area contributed by atoms with Crippen LogP contribution in [0.15, 0.2) is 104 Å². The highest BCUT2D eigenvalue weighted by molar-refractivity contribution is 7.80. The lowest BCUT2D eigenvalue weighted by atomic mass is 9.99. The van der Waals surface area contributed by atoms with Gasteiger partial charge in [0.2, 0.25) is 0 Å². The molecule has 1 saturated heterocycles. The molecule has 6 heteroatoms. The molecule has 4 aromatic rings. The van der Waals surface area contributed by atoms with Crippen molar-refractivity contribution >= 4 is 23.0 Å². The largest absolute Gasteiger partial charge is 0.385 e. The molecule has 0 bridgehead atoms. The molecule has 2 aromatic carbocycles. The smallest absolute Gasteiger partial charge is 0.170 e. The van der Waals surface area contributed by atoms with E-state index in [2.05, 4.69) is 86.0 Å². The van der Waals surface area contributed by atoms with E-state index in [-0.39, 0.29) is 12.1 Å². The van der Waals surface area contributed by atoms with Crippen LogP contribution in [0.4, 0.5) is 5.69 Å². The van der Waals surface area contributed by atoms with Crippen molar-refractivity contribution < 1.29 is 0 Å². The third-order valence-corrected chi connectivity index (χ3v) is 6.34. The molecule has 0 amide bonds. The number of aromatic nitrogens is 2. The number of rotatable bonds is 8. The number of nitrogens with one attached hydrogen (secondary N) is 2. The van der Waals surface area contributed by atoms with Crippen LogP contribution < -0.4 is 10.6 Å². The third-order valence-electron chi connectivity index (χ3n) is 5.99. The molecule has 2 N–H and O–H groups in total. The van der Waals surface area contributed by atoms with E-state index in [9.17, 15) is 0 Å². The van der Waals surface area contributed by atoms with E-state index in [1.54, 1.807) is 0 Å². The van der Waals surface area contributed by atoms with Crippen LogP contribution in [-0.2, 0) is 0 Å². The predicted octanol–water partition coefficient (Wildman–Crippen LogP) is 5.35. The molecule has 2 aromatic heterocycles. The predicted molar refractivity (Wildman–Crippen MR) is 137 cm³/mol. The van der Waals surface area contributed by atoms with Gasteiger partial charge in [0.25, 0.3) is 0 Å². The van der Waals surface area contributed by atoms with E-state index in [0.29, 0.717) is 0 Å². The Bertz CT molecular complexity index is 1180. The summed E-state index contributed by atoms with van der Waals surface area (Å²) in [5, 5.41) is 7.82. The Hall–Kier alpha value is -3.64. The van der Waals surface area contributed by atoms with Gasteiger partial charge >= 0.3 is 0 Å². The van der Waals surface area contributed by atoms with Gasteiger partial charge in [-0.1, -0.05) is 42.5 Å². The van der Waals surface area contributed by atoms with Crippen LogP contribution >= 0.6 is 12.2 Å². The standard InChI is InChI=1S/C27H27N5S/c33-27-30-25(24-14-7-8-16-29-24)26(21-15-19-31(20-21)23-12-5-2-6-13-23)32(27)18-9-17-28-22-10-3-1-4-11-22/h1-8,10-16,19-20,25-26,28H,9,17-18H2,(H,30,33)/t25-,26+/m1/s1. The fourth-order valence-corrected chi connectivity index (χ4v) is 4.73. The van der Waals surface area contributed by atoms with Gasteiger partial charge in [0.05, 0.1) is 17.8 Å². The van der Waals surface area contributed by atoms with Crippen LogP contribution in [0.3, 0.4) is 0 Å². The quantitative estimate of drug-likeness (QED) is 0.278. The first-order valence-corrected chi connectivity index (χ1v) is 11.7. The van der Waals surface area contributed by atoms with Crippen molar-refractivity contribution in [3.05, 3.63) is 115 Å². The van der Waals surface area contributed by atoms with Crippen molar-refractivity contribution in [3.8, 4) is 5.69 Å². The van der Waals surface area contributed by atoms with Gasteiger partial charge in [-0.3, -0.25) is 4.98 Å². The summed E-state index contributed by atoms with van der Waals surface area (Å²) in [4.78, 5) is 6.95. The normalized spacial score (nSPS) is 17.7. The van der Waals surface area contributed by atoms with Crippen LogP contribution in [-0.4, -0.2) is 32.7 Å². The molecule has 0 unspecified atom stereocenters. The Morgan fingerprint density at radius 3 is 2.42 bits per heavy atom. The summed E-state index contributed by atoms with van der Waals surface area (Å²) in [7, 11) is 0. The van der Waals surface area contributed by atoms with Crippen LogP contribution in [0.2, 0.25) is 0 Å². The highest BCUT2D eigenvalue weighted by atomic mass is 32.1. The monoisotopic (exact) mass is 453 g/mol. The van der Waals surface area contributed by atoms with Crippen molar-refractivity contribution in [1.82, 2.24) is 19.8 Å². The Labute approximate surface area is 200 Å². The van der Waals surface area contributed by atoms with E-state index in [4.69, 9.17) is 12.2 Å². The summed E-state index contributed by atoms with van der Waals surface area (Å²) >= 11 is 5.80. The zero-order valence-corrected chi connectivity index (χ0v) is 19.2. The Morgan fingerprint density at radius 2 is 1.67 bits per heavy atom. The number of thiocarbonyl (C=S) groups is 1. The Balaban J connectivity index is 1.37. The maximum atomic E-state index is 5.80. The number of pyridine rings is 1. The number of benzene rings is 2. The van der Waals surface area contributed by atoms with Crippen molar-refractivity contribution in [2.45, 2.75) is 18.5 Å². The van der Waals surface area contributed by atoms with Crippen molar-refractivity contribution in [1.29, 1.82) is 0 Å². The molecular formula is C27H27N5S. The number of hydrogen-bond donors (Lipinski definition) is 2. The maximum absolute atomic E-state index is 5.80. The zero-order chi connectivity index (χ0) is 22.5. The molecule has 5 nitrogen and oxygen atoms in total. The summed E-state index contributed by atoms with van der Waals surface area (Å²) < 4.78 is 2.17. The number of anilines is 1. The van der Waals surface area contributed by atoms with Crippen LogP contribution in [0, 0.1) is 0 Å². The zero-order valence-electron chi connectivity index (χ0n) is 18.3. The first kappa shape index (κ1) is 21.2. The summed E-state index contributed by atoms with van der Waals surface area (Å²) in [5.41, 5.74) is 4.51. The second kappa shape index (κ2) is 9.88. The topological polar surface area (TPSA) is 45.1 Å². The molecule has 0 spiro atoms. The van der Waals surface area contributed by atoms with Crippen LogP contribution in [0.5, 0.6) is 0 Å². The lowest BCUT2D eigenvalue weighted by molar-refractivity contribution is 0.316.